The first kappa shape index (κ1) is 29.4. The third kappa shape index (κ3) is 6.62. The third-order valence-electron chi connectivity index (χ3n) is 8.81. The molecule has 1 N–H and O–H groups in total. The molecule has 1 fully saturated rings. The van der Waals surface area contributed by atoms with Crippen LogP contribution < -0.4 is 5.32 Å². The number of halogens is 1. The van der Waals surface area contributed by atoms with Crippen LogP contribution in [0.25, 0.3) is 10.9 Å². The van der Waals surface area contributed by atoms with Crippen LogP contribution in [-0.4, -0.2) is 54.1 Å². The van der Waals surface area contributed by atoms with Crippen molar-refractivity contribution in [3.63, 3.8) is 0 Å². The summed E-state index contributed by atoms with van der Waals surface area (Å²) in [6.07, 6.45) is 6.80. The summed E-state index contributed by atoms with van der Waals surface area (Å²) in [5, 5.41) is 5.53. The van der Waals surface area contributed by atoms with Crippen molar-refractivity contribution < 1.29 is 0 Å². The zero-order chi connectivity index (χ0) is 29.3. The van der Waals surface area contributed by atoms with Crippen molar-refractivity contribution in [2.24, 2.45) is 0 Å². The van der Waals surface area contributed by atoms with Crippen molar-refractivity contribution in [3.8, 4) is 0 Å². The minimum atomic E-state index is -0.417. The van der Waals surface area contributed by atoms with Gasteiger partial charge in [0.25, 0.3) is 0 Å². The Kier molecular flexibility index (Phi) is 9.69. The van der Waals surface area contributed by atoms with E-state index in [0.717, 1.165) is 49.2 Å². The Bertz CT molecular complexity index is 1470. The fraction of sp³-hybridized carbons (Fsp3) is 0.289. The van der Waals surface area contributed by atoms with Gasteiger partial charge < -0.3 is 10.2 Å². The summed E-state index contributed by atoms with van der Waals surface area (Å²) in [5.74, 6) is 0. The van der Waals surface area contributed by atoms with Gasteiger partial charge in [0.2, 0.25) is 0 Å². The summed E-state index contributed by atoms with van der Waals surface area (Å²) in [7, 11) is 0. The summed E-state index contributed by atoms with van der Waals surface area (Å²) in [6, 6.07) is 41.3. The molecule has 0 radical (unpaired) electrons. The number of hydrogen-bond donors (Lipinski definition) is 1. The second-order valence-electron chi connectivity index (χ2n) is 11.5. The van der Waals surface area contributed by atoms with Crippen LogP contribution in [0.5, 0.6) is 0 Å². The van der Waals surface area contributed by atoms with Gasteiger partial charge in [-0.3, -0.25) is 9.88 Å². The number of fused-ring (bicyclic) bond motifs is 1. The van der Waals surface area contributed by atoms with E-state index in [2.05, 4.69) is 123 Å². The average Bonchev–Trinajstić information content (AvgIpc) is 3.07. The number of nitrogens with one attached hydrogen (secondary N) is 1. The number of nitrogens with zero attached hydrogens (tertiary/aromatic N) is 3. The first-order valence-corrected chi connectivity index (χ1v) is 16.0. The quantitative estimate of drug-likeness (QED) is 0.117. The molecule has 0 saturated carbocycles. The molecule has 0 unspecified atom stereocenters. The monoisotopic (exact) mass is 588 g/mol. The molecule has 5 heteroatoms. The Morgan fingerprint density at radius 1 is 0.721 bits per heavy atom. The highest BCUT2D eigenvalue weighted by Gasteiger charge is 2.41. The van der Waals surface area contributed by atoms with Gasteiger partial charge >= 0.3 is 0 Å². The van der Waals surface area contributed by atoms with Crippen molar-refractivity contribution in [1.29, 1.82) is 0 Å². The van der Waals surface area contributed by atoms with Crippen LogP contribution in [0.2, 0.25) is 5.02 Å². The number of pyridine rings is 1. The predicted molar refractivity (Wildman–Crippen MR) is 181 cm³/mol. The van der Waals surface area contributed by atoms with Crippen LogP contribution in [0.1, 0.15) is 42.4 Å². The average molecular weight is 589 g/mol. The van der Waals surface area contributed by atoms with Crippen LogP contribution in [0.3, 0.4) is 0 Å². The van der Waals surface area contributed by atoms with E-state index in [1.165, 1.54) is 49.0 Å². The molecule has 5 aromatic rings. The molecule has 0 aliphatic carbocycles. The predicted octanol–water partition coefficient (Wildman–Crippen LogP) is 8.47. The number of anilines is 1. The summed E-state index contributed by atoms with van der Waals surface area (Å²) >= 11 is 6.24. The maximum absolute atomic E-state index is 6.24. The molecule has 1 aliphatic heterocycles. The van der Waals surface area contributed by atoms with Crippen LogP contribution in [0, 0.1) is 0 Å². The summed E-state index contributed by atoms with van der Waals surface area (Å²) in [4.78, 5) is 9.93. The van der Waals surface area contributed by atoms with E-state index in [-0.39, 0.29) is 0 Å². The van der Waals surface area contributed by atoms with E-state index in [1.807, 2.05) is 18.3 Å². The molecule has 1 saturated heterocycles. The molecular formula is C38H41ClN4. The van der Waals surface area contributed by atoms with Gasteiger partial charge in [-0.25, -0.2) is 0 Å². The van der Waals surface area contributed by atoms with Gasteiger partial charge in [0, 0.05) is 48.5 Å². The minimum Gasteiger partial charge on any atom is -0.384 e. The Hall–Kier alpha value is -3.70. The van der Waals surface area contributed by atoms with E-state index in [9.17, 15) is 0 Å². The van der Waals surface area contributed by atoms with Crippen LogP contribution in [0.4, 0.5) is 5.69 Å². The molecule has 4 nitrogen and oxygen atoms in total. The molecule has 0 spiro atoms. The number of hydrogen-bond acceptors (Lipinski definition) is 4. The number of benzene rings is 4. The summed E-state index contributed by atoms with van der Waals surface area (Å²) in [5.41, 5.74) is 5.50. The third-order valence-corrected chi connectivity index (χ3v) is 9.04. The lowest BCUT2D eigenvalue weighted by Gasteiger charge is -2.46. The second kappa shape index (κ2) is 14.2. The van der Waals surface area contributed by atoms with E-state index < -0.39 is 5.54 Å². The first-order valence-electron chi connectivity index (χ1n) is 15.7. The maximum atomic E-state index is 6.24. The topological polar surface area (TPSA) is 31.4 Å². The van der Waals surface area contributed by atoms with Gasteiger partial charge in [-0.15, -0.1) is 0 Å². The zero-order valence-corrected chi connectivity index (χ0v) is 25.6. The van der Waals surface area contributed by atoms with E-state index >= 15 is 0 Å². The Morgan fingerprint density at radius 2 is 1.33 bits per heavy atom. The largest absolute Gasteiger partial charge is 0.384 e. The van der Waals surface area contributed by atoms with Gasteiger partial charge in [0.05, 0.1) is 11.1 Å². The highest BCUT2D eigenvalue weighted by molar-refractivity contribution is 6.31. The molecule has 0 atom stereocenters. The molecular weight excluding hydrogens is 548 g/mol. The Morgan fingerprint density at radius 3 is 1.93 bits per heavy atom. The molecule has 220 valence electrons. The first-order chi connectivity index (χ1) is 21.2. The van der Waals surface area contributed by atoms with Crippen molar-refractivity contribution in [1.82, 2.24) is 14.8 Å². The fourth-order valence-electron chi connectivity index (χ4n) is 6.75. The smallest absolute Gasteiger partial charge is 0.0973 e. The van der Waals surface area contributed by atoms with Crippen LogP contribution >= 0.6 is 11.6 Å². The van der Waals surface area contributed by atoms with Gasteiger partial charge in [0.15, 0.2) is 0 Å². The van der Waals surface area contributed by atoms with Crippen molar-refractivity contribution >= 4 is 28.2 Å². The van der Waals surface area contributed by atoms with Crippen molar-refractivity contribution in [2.75, 3.05) is 44.6 Å². The SMILES string of the molecule is Clc1ccc2c(NCCCN(CCN3CCCCC3)C(c3ccccc3)(c3ccccc3)c3ccccc3)ccnc2c1. The molecule has 1 aromatic heterocycles. The highest BCUT2D eigenvalue weighted by atomic mass is 35.5. The van der Waals surface area contributed by atoms with Crippen LogP contribution in [0.15, 0.2) is 121 Å². The summed E-state index contributed by atoms with van der Waals surface area (Å²) < 4.78 is 0. The minimum absolute atomic E-state index is 0.417. The van der Waals surface area contributed by atoms with E-state index in [1.54, 1.807) is 0 Å². The number of likely N-dealkylation sites (tertiary alicyclic amines) is 1. The number of aromatic nitrogens is 1. The Labute approximate surface area is 261 Å². The fourth-order valence-corrected chi connectivity index (χ4v) is 6.91. The standard InChI is InChI=1S/C38H41ClN4/c39-34-20-21-35-36(22-24-41-37(35)30-34)40-23-13-27-43(29-28-42-25-11-4-12-26-42)38(31-14-5-1-6-15-31,32-16-7-2-8-17-32)33-18-9-3-10-19-33/h1-3,5-10,14-22,24,30H,4,11-13,23,25-29H2,(H,40,41). The molecule has 43 heavy (non-hydrogen) atoms. The lowest BCUT2D eigenvalue weighted by molar-refractivity contribution is 0.121. The van der Waals surface area contributed by atoms with Crippen LogP contribution in [-0.2, 0) is 5.54 Å². The van der Waals surface area contributed by atoms with Gasteiger partial charge in [-0.05, 0) is 73.3 Å². The maximum Gasteiger partial charge on any atom is 0.0973 e. The van der Waals surface area contributed by atoms with E-state index in [4.69, 9.17) is 11.6 Å². The van der Waals surface area contributed by atoms with Gasteiger partial charge in [-0.1, -0.05) is 109 Å². The van der Waals surface area contributed by atoms with Gasteiger partial charge in [0.1, 0.15) is 0 Å². The van der Waals surface area contributed by atoms with E-state index in [0.29, 0.717) is 5.02 Å². The molecule has 6 rings (SSSR count). The zero-order valence-electron chi connectivity index (χ0n) is 24.8. The lowest BCUT2D eigenvalue weighted by atomic mass is 9.75. The lowest BCUT2D eigenvalue weighted by Crippen LogP contribution is -2.51. The number of piperidine rings is 1. The molecule has 4 aromatic carbocycles. The normalized spacial score (nSPS) is 14.3. The molecule has 0 amide bonds. The van der Waals surface area contributed by atoms with Gasteiger partial charge in [-0.2, -0.15) is 0 Å². The summed E-state index contributed by atoms with van der Waals surface area (Å²) in [6.45, 7) is 6.24. The highest BCUT2D eigenvalue weighted by Crippen LogP contribution is 2.42. The molecule has 1 aliphatic rings. The Balaban J connectivity index is 1.35. The van der Waals surface area contributed by atoms with Crippen molar-refractivity contribution in [3.05, 3.63) is 143 Å². The molecule has 2 heterocycles. The van der Waals surface area contributed by atoms with Crippen molar-refractivity contribution in [2.45, 2.75) is 31.2 Å². The second-order valence-corrected chi connectivity index (χ2v) is 11.9. The molecule has 0 bridgehead atoms. The number of rotatable bonds is 12.